The number of sulfone groups is 1. The first-order valence-corrected chi connectivity index (χ1v) is 12.1. The van der Waals surface area contributed by atoms with Crippen molar-refractivity contribution in [2.75, 3.05) is 6.26 Å². The molecule has 0 unspecified atom stereocenters. The van der Waals surface area contributed by atoms with Gasteiger partial charge in [0.25, 0.3) is 0 Å². The van der Waals surface area contributed by atoms with Gasteiger partial charge in [0.15, 0.2) is 15.5 Å². The molecular formula is C21H13ClF4N2O2S2. The van der Waals surface area contributed by atoms with Gasteiger partial charge in [0.2, 0.25) is 0 Å². The number of nitrogens with zero attached hydrogens (tertiary/aromatic N) is 2. The lowest BCUT2D eigenvalue weighted by molar-refractivity contribution is -0.141. The average Bonchev–Trinajstić information content (AvgIpc) is 3.36. The molecule has 2 heterocycles. The maximum atomic E-state index is 13.8. The molecule has 2 aromatic carbocycles. The van der Waals surface area contributed by atoms with Crippen molar-refractivity contribution in [1.29, 1.82) is 0 Å². The number of alkyl halides is 3. The van der Waals surface area contributed by atoms with Crippen LogP contribution < -0.4 is 0 Å². The normalized spacial score (nSPS) is 12.3. The molecule has 0 aliphatic rings. The summed E-state index contributed by atoms with van der Waals surface area (Å²) in [6, 6.07) is 13.7. The second-order valence-corrected chi connectivity index (χ2v) is 10.4. The van der Waals surface area contributed by atoms with Crippen molar-refractivity contribution >= 4 is 32.8 Å². The van der Waals surface area contributed by atoms with Gasteiger partial charge in [0.1, 0.15) is 5.82 Å². The maximum Gasteiger partial charge on any atom is 0.435 e. The van der Waals surface area contributed by atoms with Gasteiger partial charge in [-0.15, -0.1) is 11.3 Å². The van der Waals surface area contributed by atoms with E-state index in [4.69, 9.17) is 11.6 Å². The summed E-state index contributed by atoms with van der Waals surface area (Å²) >= 11 is 7.25. The lowest BCUT2D eigenvalue weighted by Gasteiger charge is -2.08. The summed E-state index contributed by atoms with van der Waals surface area (Å²) in [6.45, 7) is 0. The highest BCUT2D eigenvalue weighted by molar-refractivity contribution is 7.90. The van der Waals surface area contributed by atoms with E-state index in [0.29, 0.717) is 15.3 Å². The second-order valence-electron chi connectivity index (χ2n) is 6.88. The summed E-state index contributed by atoms with van der Waals surface area (Å²) in [5.41, 5.74) is -0.525. The van der Waals surface area contributed by atoms with E-state index in [9.17, 15) is 26.0 Å². The Morgan fingerprint density at radius 2 is 1.72 bits per heavy atom. The second kappa shape index (κ2) is 8.02. The third-order valence-corrected chi connectivity index (χ3v) is 7.13. The van der Waals surface area contributed by atoms with Gasteiger partial charge in [-0.25, -0.2) is 17.5 Å². The standard InChI is InChI=1S/C21H13ClF4N2O2S2/c1-32(29,30)14-4-2-3-12(9-14)18-7-8-19(31-18)17-11-20(21(24,25)26)27-28(17)16-10-13(23)5-6-15(16)22/h2-11H,1H3. The van der Waals surface area contributed by atoms with Crippen LogP contribution in [0.3, 0.4) is 0 Å². The van der Waals surface area contributed by atoms with Crippen LogP contribution >= 0.6 is 22.9 Å². The predicted octanol–water partition coefficient (Wildman–Crippen LogP) is 6.48. The number of thiophene rings is 1. The fourth-order valence-electron chi connectivity index (χ4n) is 3.04. The fourth-order valence-corrected chi connectivity index (χ4v) is 4.91. The van der Waals surface area contributed by atoms with E-state index in [1.165, 1.54) is 18.2 Å². The van der Waals surface area contributed by atoms with Crippen molar-refractivity contribution in [1.82, 2.24) is 9.78 Å². The number of hydrogen-bond donors (Lipinski definition) is 0. The Labute approximate surface area is 189 Å². The third kappa shape index (κ3) is 4.43. The van der Waals surface area contributed by atoms with Crippen molar-refractivity contribution in [2.45, 2.75) is 11.1 Å². The van der Waals surface area contributed by atoms with Crippen molar-refractivity contribution in [2.24, 2.45) is 0 Å². The molecule has 11 heteroatoms. The average molecular weight is 501 g/mol. The molecule has 0 aliphatic heterocycles. The lowest BCUT2D eigenvalue weighted by Crippen LogP contribution is -2.07. The molecule has 0 aliphatic carbocycles. The van der Waals surface area contributed by atoms with Crippen molar-refractivity contribution in [3.63, 3.8) is 0 Å². The lowest BCUT2D eigenvalue weighted by atomic mass is 10.2. The van der Waals surface area contributed by atoms with Gasteiger partial charge >= 0.3 is 6.18 Å². The molecule has 32 heavy (non-hydrogen) atoms. The number of rotatable bonds is 4. The summed E-state index contributed by atoms with van der Waals surface area (Å²) < 4.78 is 78.6. The number of benzene rings is 2. The van der Waals surface area contributed by atoms with Gasteiger partial charge in [0.05, 0.1) is 26.2 Å². The Morgan fingerprint density at radius 1 is 1.00 bits per heavy atom. The predicted molar refractivity (Wildman–Crippen MR) is 115 cm³/mol. The Bertz CT molecular complexity index is 1430. The summed E-state index contributed by atoms with van der Waals surface area (Å²) in [7, 11) is -3.43. The molecule has 166 valence electrons. The SMILES string of the molecule is CS(=O)(=O)c1cccc(-c2ccc(-c3cc(C(F)(F)F)nn3-c3cc(F)ccc3Cl)s2)c1. The van der Waals surface area contributed by atoms with Gasteiger partial charge in [-0.2, -0.15) is 18.3 Å². The Kier molecular flexibility index (Phi) is 5.64. The van der Waals surface area contributed by atoms with Crippen LogP contribution in [0.5, 0.6) is 0 Å². The van der Waals surface area contributed by atoms with Gasteiger partial charge in [-0.1, -0.05) is 23.7 Å². The monoisotopic (exact) mass is 500 g/mol. The third-order valence-electron chi connectivity index (χ3n) is 4.54. The van der Waals surface area contributed by atoms with E-state index in [2.05, 4.69) is 5.10 Å². The van der Waals surface area contributed by atoms with Crippen LogP contribution in [0.1, 0.15) is 5.69 Å². The van der Waals surface area contributed by atoms with Crippen LogP contribution in [0.2, 0.25) is 5.02 Å². The molecule has 4 rings (SSSR count). The van der Waals surface area contributed by atoms with Gasteiger partial charge in [-0.3, -0.25) is 0 Å². The van der Waals surface area contributed by atoms with Crippen LogP contribution in [0, 0.1) is 5.82 Å². The molecule has 0 fully saturated rings. The first-order chi connectivity index (χ1) is 14.9. The summed E-state index contributed by atoms with van der Waals surface area (Å²) in [4.78, 5) is 1.17. The highest BCUT2D eigenvalue weighted by atomic mass is 35.5. The minimum Gasteiger partial charge on any atom is -0.230 e. The van der Waals surface area contributed by atoms with Gasteiger partial charge in [0, 0.05) is 17.2 Å². The topological polar surface area (TPSA) is 52.0 Å². The van der Waals surface area contributed by atoms with Gasteiger partial charge in [-0.05, 0) is 48.0 Å². The van der Waals surface area contributed by atoms with Crippen LogP contribution in [0.15, 0.2) is 65.6 Å². The van der Waals surface area contributed by atoms with Crippen LogP contribution in [-0.4, -0.2) is 24.5 Å². The van der Waals surface area contributed by atoms with E-state index in [0.717, 1.165) is 40.5 Å². The molecule has 0 saturated carbocycles. The molecule has 0 saturated heterocycles. The quantitative estimate of drug-likeness (QED) is 0.301. The zero-order valence-electron chi connectivity index (χ0n) is 16.2. The van der Waals surface area contributed by atoms with Crippen LogP contribution in [0.25, 0.3) is 26.7 Å². The largest absolute Gasteiger partial charge is 0.435 e. The Morgan fingerprint density at radius 3 is 2.41 bits per heavy atom. The molecule has 4 aromatic rings. The zero-order valence-corrected chi connectivity index (χ0v) is 18.6. The minimum atomic E-state index is -4.72. The highest BCUT2D eigenvalue weighted by Gasteiger charge is 2.35. The molecule has 0 bridgehead atoms. The first-order valence-electron chi connectivity index (χ1n) is 8.97. The van der Waals surface area contributed by atoms with Crippen molar-refractivity contribution in [3.8, 4) is 26.7 Å². The van der Waals surface area contributed by atoms with Crippen LogP contribution in [-0.2, 0) is 16.0 Å². The Hall–Kier alpha value is -2.69. The molecule has 2 aromatic heterocycles. The first kappa shape index (κ1) is 22.5. The van der Waals surface area contributed by atoms with E-state index in [1.54, 1.807) is 24.3 Å². The molecule has 0 radical (unpaired) electrons. The summed E-state index contributed by atoms with van der Waals surface area (Å²) in [6.07, 6.45) is -3.63. The molecule has 0 spiro atoms. The van der Waals surface area contributed by atoms with E-state index >= 15 is 0 Å². The molecular weight excluding hydrogens is 488 g/mol. The molecule has 0 amide bonds. The van der Waals surface area contributed by atoms with Crippen molar-refractivity contribution < 1.29 is 26.0 Å². The zero-order chi connectivity index (χ0) is 23.3. The molecule has 0 atom stereocenters. The number of hydrogen-bond acceptors (Lipinski definition) is 4. The van der Waals surface area contributed by atoms with Gasteiger partial charge < -0.3 is 0 Å². The van der Waals surface area contributed by atoms with E-state index in [1.807, 2.05) is 0 Å². The van der Waals surface area contributed by atoms with Crippen LogP contribution in [0.4, 0.5) is 17.6 Å². The fraction of sp³-hybridized carbons (Fsp3) is 0.0952. The molecule has 0 N–H and O–H groups in total. The van der Waals surface area contributed by atoms with E-state index in [-0.39, 0.29) is 21.3 Å². The summed E-state index contributed by atoms with van der Waals surface area (Å²) in [5, 5.41) is 3.66. The molecule has 4 nitrogen and oxygen atoms in total. The summed E-state index contributed by atoms with van der Waals surface area (Å²) in [5.74, 6) is -0.677. The highest BCUT2D eigenvalue weighted by Crippen LogP contribution is 2.39. The maximum absolute atomic E-state index is 13.8. The Balaban J connectivity index is 1.86. The minimum absolute atomic E-state index is 0.0297. The smallest absolute Gasteiger partial charge is 0.230 e. The number of halogens is 5. The van der Waals surface area contributed by atoms with Crippen molar-refractivity contribution in [3.05, 3.63) is 77.2 Å². The number of aromatic nitrogens is 2. The van der Waals surface area contributed by atoms with E-state index < -0.39 is 27.5 Å².